The predicted octanol–water partition coefficient (Wildman–Crippen LogP) is 5.20. The maximum atomic E-state index is 14.1. The Labute approximate surface area is 283 Å². The summed E-state index contributed by atoms with van der Waals surface area (Å²) in [6.45, 7) is 4.45. The van der Waals surface area contributed by atoms with E-state index in [1.807, 2.05) is 48.6 Å². The molecule has 0 aromatic heterocycles. The number of hydroxylamine groups is 2. The molecule has 48 heavy (non-hydrogen) atoms. The maximum Gasteiger partial charge on any atom is 0.327 e. The van der Waals surface area contributed by atoms with Crippen molar-refractivity contribution in [1.29, 1.82) is 0 Å². The number of nitrogens with one attached hydrogen (secondary N) is 1. The van der Waals surface area contributed by atoms with Crippen LogP contribution in [0.4, 0.5) is 0 Å². The lowest BCUT2D eigenvalue weighted by molar-refractivity contribution is -0.224. The molecule has 10 heteroatoms. The van der Waals surface area contributed by atoms with E-state index in [0.29, 0.717) is 6.42 Å². The van der Waals surface area contributed by atoms with E-state index >= 15 is 0 Å². The van der Waals surface area contributed by atoms with Crippen molar-refractivity contribution in [2.75, 3.05) is 13.2 Å². The largest absolute Gasteiger partial charge is 0.508 e. The summed E-state index contributed by atoms with van der Waals surface area (Å²) < 4.78 is 19.8. The molecule has 2 aromatic rings. The molecule has 2 bridgehead atoms. The van der Waals surface area contributed by atoms with Gasteiger partial charge in [0.1, 0.15) is 35.6 Å². The van der Waals surface area contributed by atoms with Gasteiger partial charge >= 0.3 is 5.97 Å². The Morgan fingerprint density at radius 2 is 1.71 bits per heavy atom. The van der Waals surface area contributed by atoms with Gasteiger partial charge in [-0.2, -0.15) is 5.06 Å². The molecule has 4 aliphatic rings. The van der Waals surface area contributed by atoms with Gasteiger partial charge in [0.05, 0.1) is 13.2 Å². The van der Waals surface area contributed by atoms with Gasteiger partial charge < -0.3 is 29.7 Å². The molecule has 0 radical (unpaired) electrons. The molecule has 1 aliphatic carbocycles. The molecular weight excluding hydrogens is 612 g/mol. The average molecular weight is 663 g/mol. The summed E-state index contributed by atoms with van der Waals surface area (Å²) in [5.74, 6) is -1.38. The van der Waals surface area contributed by atoms with Gasteiger partial charge in [-0.1, -0.05) is 94.1 Å². The summed E-state index contributed by atoms with van der Waals surface area (Å²) in [5, 5.41) is 24.0. The molecular formula is C38H50N2O8. The number of nitrogens with zero attached hydrogens (tertiary/aromatic N) is 1. The number of hydrogen-bond acceptors (Lipinski definition) is 9. The molecule has 2 aromatic carbocycles. The normalized spacial score (nSPS) is 28.8. The second-order valence-electron chi connectivity index (χ2n) is 13.7. The van der Waals surface area contributed by atoms with Gasteiger partial charge in [0.2, 0.25) is 5.91 Å². The Kier molecular flexibility index (Phi) is 10.9. The number of fused-ring (bicyclic) bond motifs is 4. The summed E-state index contributed by atoms with van der Waals surface area (Å²) in [5.41, 5.74) is 1.50. The lowest BCUT2D eigenvalue weighted by Crippen LogP contribution is -2.69. The minimum Gasteiger partial charge on any atom is -0.508 e. The van der Waals surface area contributed by atoms with Crippen molar-refractivity contribution < 1.29 is 38.9 Å². The van der Waals surface area contributed by atoms with Crippen molar-refractivity contribution >= 4 is 18.0 Å². The van der Waals surface area contributed by atoms with Gasteiger partial charge in [-0.05, 0) is 42.0 Å². The van der Waals surface area contributed by atoms with Crippen LogP contribution in [0.5, 0.6) is 5.75 Å². The number of allylic oxidation sites excluding steroid dienone is 1. The van der Waals surface area contributed by atoms with Gasteiger partial charge in [-0.3, -0.25) is 14.4 Å². The Hall–Kier alpha value is -3.28. The van der Waals surface area contributed by atoms with Crippen LogP contribution in [-0.2, 0) is 41.6 Å². The first kappa shape index (κ1) is 34.6. The highest BCUT2D eigenvalue weighted by Crippen LogP contribution is 2.58. The zero-order chi connectivity index (χ0) is 33.7. The number of hydrogen-bond donors (Lipinski definition) is 3. The van der Waals surface area contributed by atoms with E-state index in [4.69, 9.17) is 19.0 Å². The van der Waals surface area contributed by atoms with Gasteiger partial charge in [-0.15, -0.1) is 0 Å². The van der Waals surface area contributed by atoms with Crippen LogP contribution in [0, 0.1) is 5.41 Å². The van der Waals surface area contributed by atoms with Gasteiger partial charge in [-0.25, -0.2) is 0 Å². The number of aliphatic hydroxyl groups excluding tert-OH is 1. The van der Waals surface area contributed by atoms with Crippen LogP contribution in [0.1, 0.15) is 88.3 Å². The standard InChI is InChI=1S/C38H50N2O8/c1-3-5-9-20-37(21-10-6-4-2)46-31-30-24-38(36(44)39-22-23-41)33(35(43)45-30)40(48-34(38)32(31)47-37)25-27-18-16-26(17-19-27)12-11-14-28-13-7-8-15-29(28)42/h7-8,11-13,15-19,30-34,41-42H,3-6,9-10,14,20-25H2,1-2H3,(H,39,44)/t30-,31+,32+,33+,34-,38+/m1/s1. The van der Waals surface area contributed by atoms with E-state index in [1.165, 1.54) is 0 Å². The van der Waals surface area contributed by atoms with Gasteiger partial charge in [0.15, 0.2) is 11.8 Å². The zero-order valence-corrected chi connectivity index (χ0v) is 28.1. The number of benzene rings is 2. The van der Waals surface area contributed by atoms with Gasteiger partial charge in [0, 0.05) is 25.8 Å². The quantitative estimate of drug-likeness (QED) is 0.164. The number of aliphatic hydroxyl groups is 1. The summed E-state index contributed by atoms with van der Waals surface area (Å²) in [6.07, 6.45) is 9.98. The van der Waals surface area contributed by atoms with E-state index in [0.717, 1.165) is 68.1 Å². The predicted molar refractivity (Wildman–Crippen MR) is 179 cm³/mol. The smallest absolute Gasteiger partial charge is 0.327 e. The molecule has 1 amide bonds. The fourth-order valence-electron chi connectivity index (χ4n) is 7.95. The highest BCUT2D eigenvalue weighted by atomic mass is 16.8. The first-order valence-corrected chi connectivity index (χ1v) is 17.7. The van der Waals surface area contributed by atoms with Crippen LogP contribution in [0.25, 0.3) is 6.08 Å². The highest BCUT2D eigenvalue weighted by Gasteiger charge is 2.76. The van der Waals surface area contributed by atoms with Crippen LogP contribution in [0.2, 0.25) is 0 Å². The molecule has 3 heterocycles. The van der Waals surface area contributed by atoms with E-state index in [9.17, 15) is 19.8 Å². The molecule has 1 saturated carbocycles. The Morgan fingerprint density at radius 3 is 2.40 bits per heavy atom. The number of carbonyl (C=O) groups excluding carboxylic acids is 2. The molecule has 6 rings (SSSR count). The molecule has 10 nitrogen and oxygen atoms in total. The number of ether oxygens (including phenoxy) is 3. The van der Waals surface area contributed by atoms with Crippen LogP contribution >= 0.6 is 0 Å². The summed E-state index contributed by atoms with van der Waals surface area (Å²) >= 11 is 0. The lowest BCUT2D eigenvalue weighted by Gasteiger charge is -2.48. The minimum absolute atomic E-state index is 0.0715. The average Bonchev–Trinajstić information content (AvgIpc) is 3.64. The molecule has 3 N–H and O–H groups in total. The SMILES string of the molecule is CCCCCC1(CCCCC)O[C@@H]2[C@H](O1)[C@H]1ON(Cc3ccc(C=CCc4ccccc4O)cc3)[C@H]3C(=O)O[C@@H]2C[C@@]13C(=O)NCCO. The molecule has 3 saturated heterocycles. The second kappa shape index (κ2) is 15.1. The number of phenols is 1. The maximum absolute atomic E-state index is 14.1. The summed E-state index contributed by atoms with van der Waals surface area (Å²) in [4.78, 5) is 34.6. The summed E-state index contributed by atoms with van der Waals surface area (Å²) in [7, 11) is 0. The monoisotopic (exact) mass is 662 g/mol. The number of carbonyl (C=O) groups is 2. The van der Waals surface area contributed by atoms with Crippen LogP contribution < -0.4 is 5.32 Å². The minimum atomic E-state index is -1.26. The number of para-hydroxylation sites is 1. The number of amides is 1. The number of phenolic OH excluding ortho intramolecular Hbond substituents is 1. The first-order valence-electron chi connectivity index (χ1n) is 17.7. The van der Waals surface area contributed by atoms with Crippen LogP contribution in [0.3, 0.4) is 0 Å². The molecule has 260 valence electrons. The van der Waals surface area contributed by atoms with Crippen LogP contribution in [0.15, 0.2) is 54.6 Å². The van der Waals surface area contributed by atoms with Crippen LogP contribution in [-0.4, -0.2) is 76.5 Å². The molecule has 3 aliphatic heterocycles. The zero-order valence-electron chi connectivity index (χ0n) is 28.1. The highest BCUT2D eigenvalue weighted by molar-refractivity contribution is 5.93. The molecule has 0 unspecified atom stereocenters. The van der Waals surface area contributed by atoms with E-state index < -0.39 is 47.6 Å². The first-order chi connectivity index (χ1) is 23.3. The van der Waals surface area contributed by atoms with Crippen molar-refractivity contribution in [1.82, 2.24) is 10.4 Å². The Balaban J connectivity index is 1.24. The van der Waals surface area contributed by atoms with Crippen molar-refractivity contribution in [3.8, 4) is 5.75 Å². The van der Waals surface area contributed by atoms with Crippen molar-refractivity contribution in [2.24, 2.45) is 5.41 Å². The number of unbranched alkanes of at least 4 members (excludes halogenated alkanes) is 4. The van der Waals surface area contributed by atoms with Crippen molar-refractivity contribution in [3.05, 3.63) is 71.3 Å². The fourth-order valence-corrected chi connectivity index (χ4v) is 7.95. The Morgan fingerprint density at radius 1 is 1.00 bits per heavy atom. The topological polar surface area (TPSA) is 127 Å². The second-order valence-corrected chi connectivity index (χ2v) is 13.7. The van der Waals surface area contributed by atoms with Gasteiger partial charge in [0.25, 0.3) is 0 Å². The number of esters is 1. The van der Waals surface area contributed by atoms with Crippen molar-refractivity contribution in [2.45, 2.75) is 121 Å². The molecule has 0 spiro atoms. The van der Waals surface area contributed by atoms with E-state index in [-0.39, 0.29) is 37.8 Å². The molecule has 6 atom stereocenters. The molecule has 4 fully saturated rings. The fraction of sp³-hybridized carbons (Fsp3) is 0.579. The third-order valence-electron chi connectivity index (χ3n) is 10.4. The van der Waals surface area contributed by atoms with E-state index in [2.05, 4.69) is 19.2 Å². The van der Waals surface area contributed by atoms with E-state index in [1.54, 1.807) is 17.2 Å². The summed E-state index contributed by atoms with van der Waals surface area (Å²) in [6, 6.07) is 14.2. The van der Waals surface area contributed by atoms with Crippen molar-refractivity contribution in [3.63, 3.8) is 0 Å². The lowest BCUT2D eigenvalue weighted by atomic mass is 9.62. The third kappa shape index (κ3) is 6.78. The number of rotatable bonds is 16. The third-order valence-corrected chi connectivity index (χ3v) is 10.4. The number of aromatic hydroxyl groups is 1. The Bertz CT molecular complexity index is 1440.